The lowest BCUT2D eigenvalue weighted by atomic mass is 10.1. The van der Waals surface area contributed by atoms with E-state index in [-0.39, 0.29) is 22.7 Å². The molecular weight excluding hydrogens is 1440 g/mol. The molecule has 16 atom stereocenters. The highest BCUT2D eigenvalue weighted by atomic mass is 35.5. The van der Waals surface area contributed by atoms with Gasteiger partial charge in [-0.05, 0) is 23.7 Å². The topological polar surface area (TPSA) is 524 Å². The molecule has 35 nitrogen and oxygen atoms in total. The Morgan fingerprint density at radius 3 is 1.24 bits per heavy atom. The second-order valence-electron chi connectivity index (χ2n) is 24.1. The summed E-state index contributed by atoms with van der Waals surface area (Å²) < 4.78 is 148. The number of ether oxygens (including phenoxy) is 8. The maximum absolute atomic E-state index is 15.3. The molecular formula is C57H78Cl4F4N12O23. The van der Waals surface area contributed by atoms with Crippen molar-refractivity contribution in [2.45, 2.75) is 178 Å². The first-order valence-electron chi connectivity index (χ1n) is 32.6. The Morgan fingerprint density at radius 2 is 0.840 bits per heavy atom. The van der Waals surface area contributed by atoms with Crippen molar-refractivity contribution in [3.05, 3.63) is 120 Å². The number of nitrogens with one attached hydrogen (secondary N) is 4. The number of aliphatic hydroxyl groups is 4. The van der Waals surface area contributed by atoms with Gasteiger partial charge >= 0.3 is 40.9 Å². The number of nitrogens with two attached hydrogens (primary N) is 4. The molecule has 8 rings (SSSR count). The van der Waals surface area contributed by atoms with Crippen molar-refractivity contribution in [1.82, 2.24) is 38.9 Å². The molecule has 0 aromatic carbocycles. The number of hydrogen-bond donors (Lipinski definition) is 12. The highest BCUT2D eigenvalue weighted by Crippen LogP contribution is 2.41. The number of alkyl halides is 4. The van der Waals surface area contributed by atoms with E-state index in [1.54, 1.807) is 55.4 Å². The third-order valence-electron chi connectivity index (χ3n) is 14.6. The van der Waals surface area contributed by atoms with Gasteiger partial charge in [0, 0.05) is 50.5 Å². The van der Waals surface area contributed by atoms with Crippen LogP contribution in [0.3, 0.4) is 0 Å². The lowest BCUT2D eigenvalue weighted by Gasteiger charge is -2.33. The van der Waals surface area contributed by atoms with Crippen LogP contribution in [0.15, 0.2) is 71.0 Å². The summed E-state index contributed by atoms with van der Waals surface area (Å²) in [6.45, 7) is 8.14. The van der Waals surface area contributed by atoms with Crippen LogP contribution in [-0.2, 0) is 61.9 Å². The third kappa shape index (κ3) is 21.6. The summed E-state index contributed by atoms with van der Waals surface area (Å²) in [6, 6.07) is -4.33. The van der Waals surface area contributed by atoms with E-state index in [4.69, 9.17) is 106 Å². The zero-order valence-electron chi connectivity index (χ0n) is 60.0. The van der Waals surface area contributed by atoms with Crippen molar-refractivity contribution < 1.29 is 108 Å². The number of halogens is 8. The van der Waals surface area contributed by atoms with Crippen LogP contribution in [-0.4, -0.2) is 188 Å². The standard InChI is InChI=1S/C15H21ClFN3O5.3C14H19ClFN3O6/c1-7(2)11(18)14(23)24-6-15(17)4-10(21)13(25-15)20-5-9(16)12(22)19-8(20)3;3*1-6(2)9(17)12(22)24-5-14(16)3-8(20)11(25-14)19-4-7(15)10(21)18-13(19)23/h5,7,10-11,13,21H,3-4,6,18H2,1-2H3,(H,19,22);3*4,6,8-9,11,20H,3,5,17H2,1-2H3,(H,18,21,23)/t10-,11+,13-,15+;3*8-,9+,11-,14+/m1111/s1/i6D2,13D;11D;5D2;. The average Bonchev–Trinajstić information content (AvgIpc) is 1.57. The molecule has 5 aliphatic rings. The van der Waals surface area contributed by atoms with Crippen LogP contribution in [0.4, 0.5) is 17.6 Å². The molecule has 3 aromatic heterocycles. The fourth-order valence-corrected chi connectivity index (χ4v) is 9.17. The summed E-state index contributed by atoms with van der Waals surface area (Å²) in [5, 5.41) is 41.0. The van der Waals surface area contributed by atoms with Crippen molar-refractivity contribution in [2.75, 3.05) is 26.3 Å². The zero-order chi connectivity index (χ0) is 81.2. The molecule has 0 bridgehead atoms. The van der Waals surface area contributed by atoms with Crippen molar-refractivity contribution in [3.63, 3.8) is 0 Å². The maximum atomic E-state index is 15.3. The molecule has 1 amide bonds. The normalized spacial score (nSPS) is 31.0. The Hall–Kier alpha value is -6.93. The molecule has 0 unspecified atom stereocenters. The Morgan fingerprint density at radius 1 is 0.540 bits per heavy atom. The molecule has 16 N–H and O–H groups in total. The Bertz CT molecular complexity index is 4210. The third-order valence-corrected chi connectivity index (χ3v) is 15.6. The van der Waals surface area contributed by atoms with Crippen LogP contribution in [0.5, 0.6) is 0 Å². The molecule has 0 saturated carbocycles. The number of aromatic nitrogens is 6. The van der Waals surface area contributed by atoms with Crippen LogP contribution in [0.25, 0.3) is 0 Å². The minimum Gasteiger partial charge on any atom is -0.458 e. The van der Waals surface area contributed by atoms with Gasteiger partial charge in [-0.1, -0.05) is 108 Å². The first-order valence-corrected chi connectivity index (χ1v) is 31.1. The fourth-order valence-electron chi connectivity index (χ4n) is 8.58. The maximum Gasteiger partial charge on any atom is 0.330 e. The van der Waals surface area contributed by atoms with E-state index in [2.05, 4.69) is 21.4 Å². The smallest absolute Gasteiger partial charge is 0.330 e. The number of esters is 4. The second kappa shape index (κ2) is 34.4. The van der Waals surface area contributed by atoms with Crippen molar-refractivity contribution in [1.29, 1.82) is 0 Å². The molecule has 4 saturated heterocycles. The fraction of sp³-hybridized carbons (Fsp3) is 0.632. The summed E-state index contributed by atoms with van der Waals surface area (Å²) in [5.41, 5.74) is 16.6. The minimum absolute atomic E-state index is 0.201. The molecule has 100 heavy (non-hydrogen) atoms. The number of hydrogen-bond acceptors (Lipinski definition) is 28. The van der Waals surface area contributed by atoms with E-state index in [1.165, 1.54) is 0 Å². The monoisotopic (exact) mass is 1520 g/mol. The lowest BCUT2D eigenvalue weighted by Crippen LogP contribution is -2.46. The average molecular weight is 1520 g/mol. The highest BCUT2D eigenvalue weighted by molar-refractivity contribution is 6.42. The lowest BCUT2D eigenvalue weighted by molar-refractivity contribution is -0.200. The molecule has 43 heteroatoms. The number of carbonyl (C=O) groups excluding carboxylic acids is 5. The second-order valence-corrected chi connectivity index (χ2v) is 25.7. The minimum atomic E-state index is -3.40. The molecule has 4 fully saturated rings. The van der Waals surface area contributed by atoms with Crippen molar-refractivity contribution in [2.24, 2.45) is 46.6 Å². The number of amides is 1. The van der Waals surface area contributed by atoms with Gasteiger partial charge in [-0.2, -0.15) is 0 Å². The summed E-state index contributed by atoms with van der Waals surface area (Å²) in [6.07, 6.45) is -15.2. The van der Waals surface area contributed by atoms with Crippen molar-refractivity contribution >= 4 is 76.2 Å². The van der Waals surface area contributed by atoms with Crippen LogP contribution in [0.1, 0.15) is 108 Å². The van der Waals surface area contributed by atoms with Gasteiger partial charge in [0.2, 0.25) is 23.4 Å². The van der Waals surface area contributed by atoms with E-state index in [9.17, 15) is 81.9 Å². The number of carbonyl (C=O) groups is 5. The van der Waals surface area contributed by atoms with Crippen LogP contribution < -0.4 is 62.0 Å². The van der Waals surface area contributed by atoms with E-state index in [0.717, 1.165) is 34.3 Å². The van der Waals surface area contributed by atoms with E-state index in [1.807, 2.05) is 15.0 Å². The van der Waals surface area contributed by atoms with E-state index in [0.29, 0.717) is 9.13 Å². The molecule has 0 aliphatic carbocycles. The van der Waals surface area contributed by atoms with E-state index >= 15 is 8.78 Å². The molecule has 3 aromatic rings. The number of nitrogens with zero attached hydrogens (tertiary/aromatic N) is 4. The number of H-pyrrole nitrogens is 3. The number of aromatic amines is 3. The highest BCUT2D eigenvalue weighted by Gasteiger charge is 2.53. The van der Waals surface area contributed by atoms with Crippen LogP contribution in [0.2, 0.25) is 15.1 Å². The zero-order valence-corrected chi connectivity index (χ0v) is 57.0. The van der Waals surface area contributed by atoms with Gasteiger partial charge in [-0.3, -0.25) is 67.0 Å². The van der Waals surface area contributed by atoms with Crippen LogP contribution >= 0.6 is 46.4 Å². The Kier molecular flexibility index (Phi) is 25.5. The van der Waals surface area contributed by atoms with Gasteiger partial charge in [0.05, 0.1) is 8.22 Å². The molecule has 0 spiro atoms. The molecule has 8 heterocycles. The SMILES string of the molecule is CC(C)[C@H](N)C(=O)OC[C@]1(F)C[C@@H](O)[C@H](n2cc(Cl)c(=O)[nH]c2=O)O1.[2H]C([2H])(OC(=O)[C@@H](N)C(C)C)[C@]1(F)C[C@@H](O)[C@H](n2cc(Cl)c(=O)[nH]c2=O)O1.[2H]C([2H])(OC(=O)[C@@H](N)C(C)C)[C@]1(F)C[C@@H](O)[C@]([2H])(N2C=C(Cl)C(=O)NC2=C)O1.[2H][C@@]1(n2cc(Cl)c(=O)[nH]c2=O)O[C@](F)(COC(=O)[C@@H](N)C(C)C)C[C@H]1O. The number of rotatable bonds is 20. The van der Waals surface area contributed by atoms with E-state index < -0.39 is 239 Å². The van der Waals surface area contributed by atoms with Crippen molar-refractivity contribution in [3.8, 4) is 0 Å². The molecule has 5 aliphatic heterocycles. The largest absolute Gasteiger partial charge is 0.458 e. The Balaban J connectivity index is 0.000000254. The first-order chi connectivity index (χ1) is 48.4. The van der Waals surface area contributed by atoms with Crippen LogP contribution in [0, 0.1) is 23.7 Å². The summed E-state index contributed by atoms with van der Waals surface area (Å²) >= 11 is 22.6. The summed E-state index contributed by atoms with van der Waals surface area (Å²) in [4.78, 5) is 135. The summed E-state index contributed by atoms with van der Waals surface area (Å²) in [7, 11) is 0. The van der Waals surface area contributed by atoms with Gasteiger partial charge in [0.1, 0.15) is 74.5 Å². The van der Waals surface area contributed by atoms with Gasteiger partial charge in [0.25, 0.3) is 22.6 Å². The number of aliphatic hydroxyl groups excluding tert-OH is 4. The van der Waals surface area contributed by atoms with Gasteiger partial charge < -0.3 is 91.5 Å². The van der Waals surface area contributed by atoms with Gasteiger partial charge in [0.15, 0.2) is 51.2 Å². The predicted octanol–water partition coefficient (Wildman–Crippen LogP) is -0.744. The van der Waals surface area contributed by atoms with Gasteiger partial charge in [-0.15, -0.1) is 0 Å². The summed E-state index contributed by atoms with van der Waals surface area (Å²) in [5.74, 6) is -18.3. The Labute approximate surface area is 591 Å². The van der Waals surface area contributed by atoms with Gasteiger partial charge in [-0.25, -0.2) is 31.9 Å². The quantitative estimate of drug-likeness (QED) is 0.0376. The first kappa shape index (κ1) is 74.3. The molecule has 560 valence electrons. The predicted molar refractivity (Wildman–Crippen MR) is 340 cm³/mol. The molecule has 0 radical (unpaired) electrons.